The van der Waals surface area contributed by atoms with E-state index in [1.54, 1.807) is 0 Å². The molecule has 2 N–H and O–H groups in total. The van der Waals surface area contributed by atoms with Crippen molar-refractivity contribution in [3.8, 4) is 0 Å². The molecule has 1 atom stereocenters. The van der Waals surface area contributed by atoms with Crippen molar-refractivity contribution in [3.05, 3.63) is 53.7 Å². The van der Waals surface area contributed by atoms with Crippen molar-refractivity contribution in [2.24, 2.45) is 5.92 Å². The quantitative estimate of drug-likeness (QED) is 0.880. The highest BCUT2D eigenvalue weighted by atomic mass is 15.2. The van der Waals surface area contributed by atoms with E-state index in [9.17, 15) is 0 Å². The lowest BCUT2D eigenvalue weighted by atomic mass is 10.0. The maximum atomic E-state index is 4.47. The monoisotopic (exact) mass is 336 g/mol. The van der Waals surface area contributed by atoms with Gasteiger partial charge in [-0.1, -0.05) is 12.1 Å². The Morgan fingerprint density at radius 2 is 1.92 bits per heavy atom. The normalized spacial score (nSPS) is 20.5. The van der Waals surface area contributed by atoms with Crippen LogP contribution in [0, 0.1) is 5.92 Å². The van der Waals surface area contributed by atoms with E-state index in [1.807, 2.05) is 19.3 Å². The summed E-state index contributed by atoms with van der Waals surface area (Å²) in [5, 5.41) is 7.08. The number of nitrogens with zero attached hydrogens (tertiary/aromatic N) is 2. The maximum absolute atomic E-state index is 4.47. The molecular weight excluding hydrogens is 308 g/mol. The molecule has 1 aromatic heterocycles. The second-order valence-corrected chi connectivity index (χ2v) is 7.37. The van der Waals surface area contributed by atoms with Crippen molar-refractivity contribution in [1.29, 1.82) is 0 Å². The molecule has 4 rings (SSSR count). The third kappa shape index (κ3) is 3.79. The van der Waals surface area contributed by atoms with Gasteiger partial charge in [-0.3, -0.25) is 0 Å². The highest BCUT2D eigenvalue weighted by Gasteiger charge is 2.24. The molecule has 0 bridgehead atoms. The van der Waals surface area contributed by atoms with Crippen LogP contribution in [-0.2, 0) is 12.8 Å². The summed E-state index contributed by atoms with van der Waals surface area (Å²) < 4.78 is 0. The van der Waals surface area contributed by atoms with Crippen LogP contribution < -0.4 is 15.5 Å². The van der Waals surface area contributed by atoms with E-state index in [1.165, 1.54) is 42.5 Å². The van der Waals surface area contributed by atoms with Gasteiger partial charge in [0.2, 0.25) is 0 Å². The molecule has 1 fully saturated rings. The van der Waals surface area contributed by atoms with Crippen LogP contribution in [-0.4, -0.2) is 37.7 Å². The Hall–Kier alpha value is -2.07. The molecule has 2 aromatic rings. The summed E-state index contributed by atoms with van der Waals surface area (Å²) in [6, 6.07) is 13.6. The molecule has 132 valence electrons. The van der Waals surface area contributed by atoms with Gasteiger partial charge in [-0.2, -0.15) is 0 Å². The minimum atomic E-state index is 0.650. The molecule has 0 saturated carbocycles. The predicted octanol–water partition coefficient (Wildman–Crippen LogP) is 3.10. The first-order chi connectivity index (χ1) is 12.3. The molecule has 0 radical (unpaired) electrons. The standard InChI is InChI=1S/C21H28N4/c1-22-20-6-5-17-12-16(13-18(17)14-20)15-24-19-7-10-25(11-8-19)21-4-2-3-9-23-21/h2-6,9,14,16,19,22,24H,7-8,10-13,15H2,1H3. The van der Waals surface area contributed by atoms with Crippen molar-refractivity contribution >= 4 is 11.5 Å². The molecule has 0 spiro atoms. The summed E-state index contributed by atoms with van der Waals surface area (Å²) in [4.78, 5) is 6.88. The number of aromatic nitrogens is 1. The zero-order chi connectivity index (χ0) is 17.1. The SMILES string of the molecule is CNc1ccc2c(c1)CC(CNC1CCN(c3ccccn3)CC1)C2. The molecule has 1 aliphatic carbocycles. The fourth-order valence-electron chi connectivity index (χ4n) is 4.20. The Balaban J connectivity index is 1.24. The van der Waals surface area contributed by atoms with Gasteiger partial charge < -0.3 is 15.5 Å². The average Bonchev–Trinajstić information content (AvgIpc) is 3.09. The fraction of sp³-hybridized carbons (Fsp3) is 0.476. The third-order valence-corrected chi connectivity index (χ3v) is 5.68. The first-order valence-electron chi connectivity index (χ1n) is 9.51. The van der Waals surface area contributed by atoms with Crippen LogP contribution in [0.5, 0.6) is 0 Å². The molecule has 2 heterocycles. The van der Waals surface area contributed by atoms with Gasteiger partial charge in [0.25, 0.3) is 0 Å². The van der Waals surface area contributed by atoms with E-state index < -0.39 is 0 Å². The van der Waals surface area contributed by atoms with Gasteiger partial charge in [0, 0.05) is 38.1 Å². The fourth-order valence-corrected chi connectivity index (χ4v) is 4.20. The lowest BCUT2D eigenvalue weighted by molar-refractivity contribution is 0.378. The number of nitrogens with one attached hydrogen (secondary N) is 2. The first kappa shape index (κ1) is 16.4. The van der Waals surface area contributed by atoms with Crippen LogP contribution in [0.15, 0.2) is 42.6 Å². The summed E-state index contributed by atoms with van der Waals surface area (Å²) in [5.74, 6) is 1.86. The highest BCUT2D eigenvalue weighted by Crippen LogP contribution is 2.29. The van der Waals surface area contributed by atoms with E-state index in [4.69, 9.17) is 0 Å². The van der Waals surface area contributed by atoms with E-state index >= 15 is 0 Å². The Labute approximate surface area is 150 Å². The number of piperidine rings is 1. The van der Waals surface area contributed by atoms with E-state index in [2.05, 4.69) is 50.8 Å². The van der Waals surface area contributed by atoms with Gasteiger partial charge in [0.15, 0.2) is 0 Å². The Morgan fingerprint density at radius 1 is 1.08 bits per heavy atom. The summed E-state index contributed by atoms with van der Waals surface area (Å²) >= 11 is 0. The smallest absolute Gasteiger partial charge is 0.128 e. The number of pyridine rings is 1. The lowest BCUT2D eigenvalue weighted by Crippen LogP contribution is -2.44. The zero-order valence-corrected chi connectivity index (χ0v) is 15.0. The molecule has 1 aromatic carbocycles. The Bertz CT molecular complexity index is 692. The van der Waals surface area contributed by atoms with Crippen LogP contribution in [0.4, 0.5) is 11.5 Å². The van der Waals surface area contributed by atoms with Gasteiger partial charge >= 0.3 is 0 Å². The van der Waals surface area contributed by atoms with Gasteiger partial charge in [-0.15, -0.1) is 0 Å². The van der Waals surface area contributed by atoms with Crippen molar-refractivity contribution < 1.29 is 0 Å². The van der Waals surface area contributed by atoms with Crippen LogP contribution in [0.25, 0.3) is 0 Å². The van der Waals surface area contributed by atoms with Gasteiger partial charge in [-0.25, -0.2) is 4.98 Å². The largest absolute Gasteiger partial charge is 0.388 e. The summed E-state index contributed by atoms with van der Waals surface area (Å²) in [5.41, 5.74) is 4.30. The minimum absolute atomic E-state index is 0.650. The maximum Gasteiger partial charge on any atom is 0.128 e. The molecule has 4 nitrogen and oxygen atoms in total. The third-order valence-electron chi connectivity index (χ3n) is 5.68. The van der Waals surface area contributed by atoms with E-state index in [-0.39, 0.29) is 0 Å². The van der Waals surface area contributed by atoms with Gasteiger partial charge in [0.1, 0.15) is 5.82 Å². The number of benzene rings is 1. The number of fused-ring (bicyclic) bond motifs is 1. The molecular formula is C21H28N4. The average molecular weight is 336 g/mol. The highest BCUT2D eigenvalue weighted by molar-refractivity contribution is 5.50. The molecule has 2 aliphatic rings. The predicted molar refractivity (Wildman–Crippen MR) is 104 cm³/mol. The summed E-state index contributed by atoms with van der Waals surface area (Å²) in [6.07, 6.45) is 6.74. The molecule has 1 aliphatic heterocycles. The Morgan fingerprint density at radius 3 is 2.68 bits per heavy atom. The second-order valence-electron chi connectivity index (χ2n) is 7.37. The van der Waals surface area contributed by atoms with Crippen molar-refractivity contribution in [2.45, 2.75) is 31.7 Å². The van der Waals surface area contributed by atoms with Crippen LogP contribution in [0.2, 0.25) is 0 Å². The summed E-state index contributed by atoms with van der Waals surface area (Å²) in [7, 11) is 1.99. The molecule has 1 unspecified atom stereocenters. The first-order valence-corrected chi connectivity index (χ1v) is 9.51. The van der Waals surface area contributed by atoms with E-state index in [0.717, 1.165) is 31.4 Å². The van der Waals surface area contributed by atoms with Gasteiger partial charge in [-0.05, 0) is 73.5 Å². The number of anilines is 2. The molecule has 4 heteroatoms. The number of rotatable bonds is 5. The van der Waals surface area contributed by atoms with Crippen LogP contribution in [0.3, 0.4) is 0 Å². The van der Waals surface area contributed by atoms with Crippen molar-refractivity contribution in [1.82, 2.24) is 10.3 Å². The number of hydrogen-bond acceptors (Lipinski definition) is 4. The zero-order valence-electron chi connectivity index (χ0n) is 15.0. The van der Waals surface area contributed by atoms with Crippen molar-refractivity contribution in [2.75, 3.05) is 36.9 Å². The van der Waals surface area contributed by atoms with Crippen molar-refractivity contribution in [3.63, 3.8) is 0 Å². The lowest BCUT2D eigenvalue weighted by Gasteiger charge is -2.33. The minimum Gasteiger partial charge on any atom is -0.388 e. The van der Waals surface area contributed by atoms with Crippen LogP contribution in [0.1, 0.15) is 24.0 Å². The molecule has 0 amide bonds. The molecule has 25 heavy (non-hydrogen) atoms. The van der Waals surface area contributed by atoms with Gasteiger partial charge in [0.05, 0.1) is 0 Å². The molecule has 1 saturated heterocycles. The van der Waals surface area contributed by atoms with Crippen LogP contribution >= 0.6 is 0 Å². The summed E-state index contributed by atoms with van der Waals surface area (Å²) in [6.45, 7) is 3.34. The van der Waals surface area contributed by atoms with E-state index in [0.29, 0.717) is 6.04 Å². The second kappa shape index (κ2) is 7.44. The topological polar surface area (TPSA) is 40.2 Å². The Kier molecular flexibility index (Phi) is 4.88. The number of hydrogen-bond donors (Lipinski definition) is 2.